The van der Waals surface area contributed by atoms with Gasteiger partial charge in [0.25, 0.3) is 0 Å². The van der Waals surface area contributed by atoms with E-state index in [-0.39, 0.29) is 17.9 Å². The van der Waals surface area contributed by atoms with Gasteiger partial charge in [0.2, 0.25) is 5.91 Å². The van der Waals surface area contributed by atoms with Gasteiger partial charge in [-0.2, -0.15) is 0 Å². The van der Waals surface area contributed by atoms with Gasteiger partial charge < -0.3 is 14.4 Å². The molecule has 0 saturated carbocycles. The molecule has 0 unspecified atom stereocenters. The number of carbonyl (C=O) groups excluding carboxylic acids is 1. The molecule has 1 amide bonds. The van der Waals surface area contributed by atoms with E-state index in [1.54, 1.807) is 7.11 Å². The molecule has 4 heteroatoms. The second-order valence-electron chi connectivity index (χ2n) is 6.62. The van der Waals surface area contributed by atoms with E-state index in [0.717, 1.165) is 56.5 Å². The van der Waals surface area contributed by atoms with Crippen molar-refractivity contribution in [1.29, 1.82) is 0 Å². The van der Waals surface area contributed by atoms with Crippen LogP contribution in [0.1, 0.15) is 37.7 Å². The predicted octanol–water partition coefficient (Wildman–Crippen LogP) is 2.93. The number of hydrogen-bond donors (Lipinski definition) is 0. The van der Waals surface area contributed by atoms with Gasteiger partial charge in [0.05, 0.1) is 30.9 Å². The van der Waals surface area contributed by atoms with Gasteiger partial charge in [0, 0.05) is 12.1 Å². The molecule has 3 aliphatic rings. The van der Waals surface area contributed by atoms with Gasteiger partial charge in [-0.25, -0.2) is 0 Å². The maximum absolute atomic E-state index is 13.1. The van der Waals surface area contributed by atoms with Crippen LogP contribution in [0.4, 0.5) is 5.69 Å². The summed E-state index contributed by atoms with van der Waals surface area (Å²) in [7, 11) is 1.70. The summed E-state index contributed by atoms with van der Waals surface area (Å²) in [5.74, 6) is 1.21. The molecule has 1 aromatic rings. The Balaban J connectivity index is 1.66. The third kappa shape index (κ3) is 2.21. The maximum atomic E-state index is 13.1. The zero-order chi connectivity index (χ0) is 15.1. The van der Waals surface area contributed by atoms with E-state index in [1.807, 2.05) is 17.0 Å². The molecule has 2 bridgehead atoms. The number of nitrogens with zero attached hydrogens (tertiary/aromatic N) is 1. The highest BCUT2D eigenvalue weighted by molar-refractivity contribution is 5.97. The van der Waals surface area contributed by atoms with Crippen LogP contribution in [0.15, 0.2) is 18.2 Å². The number of ether oxygens (including phenoxy) is 2. The second-order valence-corrected chi connectivity index (χ2v) is 6.62. The average Bonchev–Trinajstić information content (AvgIpc) is 3.11. The average molecular weight is 301 g/mol. The number of rotatable bonds is 2. The maximum Gasteiger partial charge on any atom is 0.232 e. The number of amides is 1. The van der Waals surface area contributed by atoms with Crippen LogP contribution in [-0.2, 0) is 16.0 Å². The van der Waals surface area contributed by atoms with Crippen molar-refractivity contribution in [3.63, 3.8) is 0 Å². The largest absolute Gasteiger partial charge is 0.496 e. The molecule has 3 aliphatic heterocycles. The number of methoxy groups -OCH3 is 1. The molecular formula is C18H23NO3. The lowest BCUT2D eigenvalue weighted by atomic mass is 9.88. The molecule has 3 atom stereocenters. The highest BCUT2D eigenvalue weighted by Gasteiger charge is 2.46. The number of fused-ring (bicyclic) bond motifs is 3. The quantitative estimate of drug-likeness (QED) is 0.843. The number of carbonyl (C=O) groups is 1. The van der Waals surface area contributed by atoms with Crippen LogP contribution in [0.2, 0.25) is 0 Å². The first-order chi connectivity index (χ1) is 10.8. The van der Waals surface area contributed by atoms with Crippen molar-refractivity contribution in [3.8, 4) is 5.75 Å². The monoisotopic (exact) mass is 301 g/mol. The Kier molecular flexibility index (Phi) is 3.57. The molecule has 0 N–H and O–H groups in total. The molecule has 3 heterocycles. The number of benzene rings is 1. The first-order valence-corrected chi connectivity index (χ1v) is 8.40. The van der Waals surface area contributed by atoms with Crippen molar-refractivity contribution >= 4 is 11.6 Å². The fraction of sp³-hybridized carbons (Fsp3) is 0.611. The molecule has 22 heavy (non-hydrogen) atoms. The normalized spacial score (nSPS) is 30.0. The standard InChI is InChI=1S/C18H23NO3/c1-21-16-7-4-6-15-13(16)5-2-3-10-19(15)18(20)14-11-12-8-9-17(14)22-12/h4,6-7,12,14,17H,2-3,5,8-11H2,1H3/t12-,14-,17+/m1/s1. The van der Waals surface area contributed by atoms with Gasteiger partial charge in [-0.1, -0.05) is 6.07 Å². The van der Waals surface area contributed by atoms with Crippen molar-refractivity contribution in [1.82, 2.24) is 0 Å². The van der Waals surface area contributed by atoms with Crippen LogP contribution >= 0.6 is 0 Å². The summed E-state index contributed by atoms with van der Waals surface area (Å²) < 4.78 is 11.4. The van der Waals surface area contributed by atoms with Crippen molar-refractivity contribution in [2.75, 3.05) is 18.6 Å². The Morgan fingerprint density at radius 2 is 2.23 bits per heavy atom. The molecular weight excluding hydrogens is 278 g/mol. The summed E-state index contributed by atoms with van der Waals surface area (Å²) in [5, 5.41) is 0. The van der Waals surface area contributed by atoms with E-state index in [4.69, 9.17) is 9.47 Å². The fourth-order valence-electron chi connectivity index (χ4n) is 4.27. The first kappa shape index (κ1) is 14.1. The minimum Gasteiger partial charge on any atom is -0.496 e. The van der Waals surface area contributed by atoms with Crippen LogP contribution in [-0.4, -0.2) is 31.8 Å². The van der Waals surface area contributed by atoms with Gasteiger partial charge in [-0.05, 0) is 50.7 Å². The van der Waals surface area contributed by atoms with Crippen LogP contribution in [0.25, 0.3) is 0 Å². The number of anilines is 1. The molecule has 2 saturated heterocycles. The Morgan fingerprint density at radius 3 is 2.95 bits per heavy atom. The lowest BCUT2D eigenvalue weighted by Gasteiger charge is -2.28. The van der Waals surface area contributed by atoms with Crippen molar-refractivity contribution in [2.45, 2.75) is 50.7 Å². The molecule has 0 aromatic heterocycles. The van der Waals surface area contributed by atoms with Crippen LogP contribution in [0, 0.1) is 5.92 Å². The molecule has 0 aliphatic carbocycles. The van der Waals surface area contributed by atoms with E-state index in [2.05, 4.69) is 6.07 Å². The van der Waals surface area contributed by atoms with Gasteiger partial charge in [-0.3, -0.25) is 4.79 Å². The van der Waals surface area contributed by atoms with Crippen LogP contribution in [0.5, 0.6) is 5.75 Å². The summed E-state index contributed by atoms with van der Waals surface area (Å²) in [4.78, 5) is 15.1. The van der Waals surface area contributed by atoms with Crippen molar-refractivity contribution < 1.29 is 14.3 Å². The summed E-state index contributed by atoms with van der Waals surface area (Å²) >= 11 is 0. The molecule has 4 nitrogen and oxygen atoms in total. The zero-order valence-corrected chi connectivity index (χ0v) is 13.1. The van der Waals surface area contributed by atoms with Gasteiger partial charge in [-0.15, -0.1) is 0 Å². The van der Waals surface area contributed by atoms with Gasteiger partial charge in [0.15, 0.2) is 0 Å². The highest BCUT2D eigenvalue weighted by Crippen LogP contribution is 2.41. The third-order valence-electron chi connectivity index (χ3n) is 5.37. The van der Waals surface area contributed by atoms with E-state index in [9.17, 15) is 4.79 Å². The molecule has 0 spiro atoms. The van der Waals surface area contributed by atoms with Crippen molar-refractivity contribution in [2.24, 2.45) is 5.92 Å². The van der Waals surface area contributed by atoms with Gasteiger partial charge >= 0.3 is 0 Å². The summed E-state index contributed by atoms with van der Waals surface area (Å²) in [6.45, 7) is 0.812. The van der Waals surface area contributed by atoms with E-state index < -0.39 is 0 Å². The van der Waals surface area contributed by atoms with Crippen LogP contribution in [0.3, 0.4) is 0 Å². The topological polar surface area (TPSA) is 38.8 Å². The summed E-state index contributed by atoms with van der Waals surface area (Å²) in [6.07, 6.45) is 6.66. The Morgan fingerprint density at radius 1 is 1.32 bits per heavy atom. The van der Waals surface area contributed by atoms with Gasteiger partial charge in [0.1, 0.15) is 5.75 Å². The minimum absolute atomic E-state index is 0.0518. The molecule has 0 radical (unpaired) electrons. The minimum atomic E-state index is 0.0518. The molecule has 118 valence electrons. The summed E-state index contributed by atoms with van der Waals surface area (Å²) in [5.41, 5.74) is 2.23. The smallest absolute Gasteiger partial charge is 0.232 e. The predicted molar refractivity (Wildman–Crippen MR) is 84.3 cm³/mol. The Labute approximate surface area is 131 Å². The Bertz CT molecular complexity index is 586. The lowest BCUT2D eigenvalue weighted by molar-refractivity contribution is -0.123. The molecule has 1 aromatic carbocycles. The highest BCUT2D eigenvalue weighted by atomic mass is 16.5. The second kappa shape index (κ2) is 5.58. The van der Waals surface area contributed by atoms with E-state index in [1.165, 1.54) is 5.56 Å². The van der Waals surface area contributed by atoms with Crippen molar-refractivity contribution in [3.05, 3.63) is 23.8 Å². The lowest BCUT2D eigenvalue weighted by Crippen LogP contribution is -2.40. The Hall–Kier alpha value is -1.55. The van der Waals surface area contributed by atoms with E-state index >= 15 is 0 Å². The SMILES string of the molecule is COc1cccc2c1CCCCN2C(=O)[C@@H]1C[C@H]2CC[C@@H]1O2. The third-order valence-corrected chi connectivity index (χ3v) is 5.37. The number of hydrogen-bond acceptors (Lipinski definition) is 3. The van der Waals surface area contributed by atoms with Crippen LogP contribution < -0.4 is 9.64 Å². The first-order valence-electron chi connectivity index (χ1n) is 8.40. The molecule has 4 rings (SSSR count). The molecule has 2 fully saturated rings. The fourth-order valence-corrected chi connectivity index (χ4v) is 4.27. The van der Waals surface area contributed by atoms with E-state index in [0.29, 0.717) is 6.10 Å². The zero-order valence-electron chi connectivity index (χ0n) is 13.1. The summed E-state index contributed by atoms with van der Waals surface area (Å²) in [6, 6.07) is 6.04.